The van der Waals surface area contributed by atoms with Gasteiger partial charge in [0.1, 0.15) is 10.7 Å². The number of rotatable bonds is 5. The van der Waals surface area contributed by atoms with Crippen molar-refractivity contribution >= 4 is 29.2 Å². The van der Waals surface area contributed by atoms with E-state index in [1.807, 2.05) is 61.5 Å². The Morgan fingerprint density at radius 2 is 1.81 bits per heavy atom. The summed E-state index contributed by atoms with van der Waals surface area (Å²) in [5.41, 5.74) is 5.39. The highest BCUT2D eigenvalue weighted by Crippen LogP contribution is 2.17. The van der Waals surface area contributed by atoms with Gasteiger partial charge in [0.15, 0.2) is 0 Å². The van der Waals surface area contributed by atoms with Crippen LogP contribution in [0.1, 0.15) is 5.56 Å². The second kappa shape index (κ2) is 7.84. The van der Waals surface area contributed by atoms with E-state index in [9.17, 15) is 4.79 Å². The number of benzene rings is 2. The van der Waals surface area contributed by atoms with E-state index in [1.54, 1.807) is 18.3 Å². The van der Waals surface area contributed by atoms with Crippen molar-refractivity contribution in [2.45, 2.75) is 0 Å². The highest BCUT2D eigenvalue weighted by atomic mass is 35.5. The maximum absolute atomic E-state index is 12.4. The van der Waals surface area contributed by atoms with Gasteiger partial charge in [-0.3, -0.25) is 10.2 Å². The van der Waals surface area contributed by atoms with Crippen molar-refractivity contribution in [2.24, 2.45) is 5.10 Å². The highest BCUT2D eigenvalue weighted by molar-refractivity contribution is 6.32. The second-order valence-electron chi connectivity index (χ2n) is 5.78. The third-order valence-corrected chi connectivity index (χ3v) is 4.09. The van der Waals surface area contributed by atoms with Crippen molar-refractivity contribution in [3.05, 3.63) is 81.7 Å². The minimum Gasteiger partial charge on any atom is -0.378 e. The summed E-state index contributed by atoms with van der Waals surface area (Å²) in [5.74, 6) is 0. The van der Waals surface area contributed by atoms with Crippen molar-refractivity contribution in [1.82, 2.24) is 9.78 Å². The van der Waals surface area contributed by atoms with Gasteiger partial charge in [-0.1, -0.05) is 41.9 Å². The number of para-hydroxylation sites is 1. The van der Waals surface area contributed by atoms with Gasteiger partial charge < -0.3 is 4.90 Å². The average molecular weight is 368 g/mol. The number of nitrogens with one attached hydrogen (secondary N) is 1. The van der Waals surface area contributed by atoms with Crippen LogP contribution in [-0.2, 0) is 0 Å². The Bertz CT molecular complexity index is 965. The normalized spacial score (nSPS) is 10.9. The second-order valence-corrected chi connectivity index (χ2v) is 6.16. The molecular formula is C19H18ClN5O. The first-order valence-electron chi connectivity index (χ1n) is 7.96. The van der Waals surface area contributed by atoms with Crippen LogP contribution >= 0.6 is 11.6 Å². The zero-order valence-corrected chi connectivity index (χ0v) is 15.2. The Hall–Kier alpha value is -3.12. The lowest BCUT2D eigenvalue weighted by molar-refractivity contribution is 0.808. The molecule has 1 heterocycles. The van der Waals surface area contributed by atoms with E-state index in [-0.39, 0.29) is 5.02 Å². The van der Waals surface area contributed by atoms with Gasteiger partial charge in [-0.15, -0.1) is 0 Å². The van der Waals surface area contributed by atoms with Gasteiger partial charge in [0, 0.05) is 19.8 Å². The van der Waals surface area contributed by atoms with Gasteiger partial charge in [0.2, 0.25) is 0 Å². The molecule has 3 rings (SSSR count). The molecule has 0 aliphatic carbocycles. The van der Waals surface area contributed by atoms with E-state index in [1.165, 1.54) is 10.9 Å². The van der Waals surface area contributed by atoms with E-state index in [0.717, 1.165) is 11.3 Å². The van der Waals surface area contributed by atoms with Crippen LogP contribution < -0.4 is 15.9 Å². The molecule has 1 aromatic heterocycles. The summed E-state index contributed by atoms with van der Waals surface area (Å²) in [7, 11) is 3.97. The maximum Gasteiger partial charge on any atom is 0.292 e. The van der Waals surface area contributed by atoms with Gasteiger partial charge in [-0.05, 0) is 29.8 Å². The third kappa shape index (κ3) is 3.92. The average Bonchev–Trinajstić information content (AvgIpc) is 2.66. The molecule has 0 unspecified atom stereocenters. The van der Waals surface area contributed by atoms with Crippen molar-refractivity contribution in [3.63, 3.8) is 0 Å². The van der Waals surface area contributed by atoms with Crippen LogP contribution in [0.15, 0.2) is 70.7 Å². The van der Waals surface area contributed by atoms with Crippen molar-refractivity contribution in [2.75, 3.05) is 24.4 Å². The number of hydrogen-bond donors (Lipinski definition) is 1. The quantitative estimate of drug-likeness (QED) is 0.554. The summed E-state index contributed by atoms with van der Waals surface area (Å²) in [4.78, 5) is 14.4. The zero-order chi connectivity index (χ0) is 18.5. The van der Waals surface area contributed by atoms with Gasteiger partial charge in [-0.2, -0.15) is 14.9 Å². The molecule has 0 aliphatic rings. The molecule has 7 heteroatoms. The Kier molecular flexibility index (Phi) is 5.34. The van der Waals surface area contributed by atoms with E-state index < -0.39 is 5.56 Å². The van der Waals surface area contributed by atoms with Crippen LogP contribution in [0, 0.1) is 0 Å². The summed E-state index contributed by atoms with van der Waals surface area (Å²) in [6.45, 7) is 0. The molecule has 0 bridgehead atoms. The lowest BCUT2D eigenvalue weighted by Gasteiger charge is -2.11. The molecule has 2 aromatic carbocycles. The smallest absolute Gasteiger partial charge is 0.292 e. The molecule has 0 fully saturated rings. The Labute approximate surface area is 156 Å². The fraction of sp³-hybridized carbons (Fsp3) is 0.105. The first-order valence-corrected chi connectivity index (χ1v) is 8.34. The fourth-order valence-electron chi connectivity index (χ4n) is 2.30. The minimum atomic E-state index is -0.409. The predicted molar refractivity (Wildman–Crippen MR) is 107 cm³/mol. The topological polar surface area (TPSA) is 62.5 Å². The van der Waals surface area contributed by atoms with Gasteiger partial charge in [0.25, 0.3) is 5.56 Å². The zero-order valence-electron chi connectivity index (χ0n) is 14.4. The molecule has 26 heavy (non-hydrogen) atoms. The van der Waals surface area contributed by atoms with E-state index >= 15 is 0 Å². The molecule has 0 amide bonds. The Balaban J connectivity index is 1.76. The third-order valence-electron chi connectivity index (χ3n) is 3.73. The first kappa shape index (κ1) is 17.7. The molecule has 3 aromatic rings. The van der Waals surface area contributed by atoms with E-state index in [0.29, 0.717) is 11.4 Å². The number of anilines is 2. The summed E-state index contributed by atoms with van der Waals surface area (Å²) in [6, 6.07) is 17.0. The maximum atomic E-state index is 12.4. The summed E-state index contributed by atoms with van der Waals surface area (Å²) in [5, 5.41) is 8.30. The lowest BCUT2D eigenvalue weighted by atomic mass is 10.2. The van der Waals surface area contributed by atoms with Gasteiger partial charge in [-0.25, -0.2) is 0 Å². The molecule has 0 spiro atoms. The highest BCUT2D eigenvalue weighted by Gasteiger charge is 2.09. The van der Waals surface area contributed by atoms with Crippen LogP contribution in [0.3, 0.4) is 0 Å². The largest absolute Gasteiger partial charge is 0.378 e. The number of nitrogens with zero attached hydrogens (tertiary/aromatic N) is 4. The summed E-state index contributed by atoms with van der Waals surface area (Å²) in [6.07, 6.45) is 3.13. The van der Waals surface area contributed by atoms with Crippen LogP contribution in [-0.4, -0.2) is 30.1 Å². The van der Waals surface area contributed by atoms with Crippen LogP contribution in [0.25, 0.3) is 5.69 Å². The molecule has 132 valence electrons. The van der Waals surface area contributed by atoms with Crippen LogP contribution in [0.5, 0.6) is 0 Å². The van der Waals surface area contributed by atoms with E-state index in [2.05, 4.69) is 15.6 Å². The minimum absolute atomic E-state index is 0.0314. The fourth-order valence-corrected chi connectivity index (χ4v) is 2.47. The molecular weight excluding hydrogens is 350 g/mol. The molecule has 0 saturated carbocycles. The number of aromatic nitrogens is 2. The molecule has 0 radical (unpaired) electrons. The molecule has 1 N–H and O–H groups in total. The number of halogens is 1. The molecule has 0 aliphatic heterocycles. The molecule has 6 nitrogen and oxygen atoms in total. The SMILES string of the molecule is CN(C)c1ccc(/C=N\Nc2cnn(-c3ccccc3)c(=O)c2Cl)cc1. The lowest BCUT2D eigenvalue weighted by Crippen LogP contribution is -2.22. The monoisotopic (exact) mass is 367 g/mol. The molecule has 0 atom stereocenters. The van der Waals surface area contributed by atoms with Crippen molar-refractivity contribution in [1.29, 1.82) is 0 Å². The summed E-state index contributed by atoms with van der Waals surface area (Å²) >= 11 is 6.17. The van der Waals surface area contributed by atoms with Gasteiger partial charge >= 0.3 is 0 Å². The summed E-state index contributed by atoms with van der Waals surface area (Å²) < 4.78 is 1.25. The predicted octanol–water partition coefficient (Wildman–Crippen LogP) is 3.40. The van der Waals surface area contributed by atoms with Crippen molar-refractivity contribution in [3.8, 4) is 5.69 Å². The molecule has 0 saturated heterocycles. The van der Waals surface area contributed by atoms with Crippen molar-refractivity contribution < 1.29 is 0 Å². The Morgan fingerprint density at radius 3 is 2.46 bits per heavy atom. The van der Waals surface area contributed by atoms with Gasteiger partial charge in [0.05, 0.1) is 18.1 Å². The van der Waals surface area contributed by atoms with E-state index in [4.69, 9.17) is 11.6 Å². The number of hydrogen-bond acceptors (Lipinski definition) is 5. The standard InChI is InChI=1S/C19H18ClN5O/c1-24(2)15-10-8-14(9-11-15)12-21-23-17-13-22-25(19(26)18(17)20)16-6-4-3-5-7-16/h3-13,23H,1-2H3/b21-12-. The van der Waals surface area contributed by atoms with Crippen LogP contribution in [0.4, 0.5) is 11.4 Å². The Morgan fingerprint density at radius 1 is 1.12 bits per heavy atom. The van der Waals surface area contributed by atoms with Crippen LogP contribution in [0.2, 0.25) is 5.02 Å². The first-order chi connectivity index (χ1) is 12.6. The number of hydrazone groups is 1.